The Morgan fingerprint density at radius 3 is 2.21 bits per heavy atom. The molecule has 4 aromatic carbocycles. The molecule has 0 radical (unpaired) electrons. The summed E-state index contributed by atoms with van der Waals surface area (Å²) in [6, 6.07) is 28.8. The standard InChI is InChI=1S/C33H27BrN2O6/c1-39-31-16-23(8-14-30(31)42-20-22-6-4-3-5-7-22)21-41-29-15-11-27(34)18-25(29)17-26(19-35)32(37)36-28-12-9-24(10-13-28)33(38)40-2/h3-18H,20-21H2,1-2H3,(H,36,37)/b26-17-. The van der Waals surface area contributed by atoms with E-state index < -0.39 is 11.9 Å². The molecule has 0 aliphatic rings. The van der Waals surface area contributed by atoms with Crippen molar-refractivity contribution in [3.05, 3.63) is 123 Å². The Kier molecular flexibility index (Phi) is 10.3. The predicted octanol–water partition coefficient (Wildman–Crippen LogP) is 6.95. The van der Waals surface area contributed by atoms with Crippen LogP contribution in [0.2, 0.25) is 0 Å². The highest BCUT2D eigenvalue weighted by Crippen LogP contribution is 2.31. The molecule has 0 aromatic heterocycles. The summed E-state index contributed by atoms with van der Waals surface area (Å²) in [7, 11) is 2.87. The van der Waals surface area contributed by atoms with E-state index in [1.807, 2.05) is 60.7 Å². The van der Waals surface area contributed by atoms with Crippen molar-refractivity contribution >= 4 is 39.6 Å². The van der Waals surface area contributed by atoms with Gasteiger partial charge in [-0.3, -0.25) is 4.79 Å². The van der Waals surface area contributed by atoms with Crippen LogP contribution < -0.4 is 19.5 Å². The van der Waals surface area contributed by atoms with E-state index in [0.29, 0.717) is 40.7 Å². The third-order valence-electron chi connectivity index (χ3n) is 6.06. The van der Waals surface area contributed by atoms with Crippen molar-refractivity contribution in [3.8, 4) is 23.3 Å². The molecule has 4 aromatic rings. The molecule has 0 unspecified atom stereocenters. The minimum atomic E-state index is -0.606. The zero-order valence-corrected chi connectivity index (χ0v) is 24.5. The Morgan fingerprint density at radius 2 is 1.52 bits per heavy atom. The van der Waals surface area contributed by atoms with Crippen LogP contribution in [0.5, 0.6) is 17.2 Å². The molecule has 9 heteroatoms. The van der Waals surface area contributed by atoms with Gasteiger partial charge in [-0.25, -0.2) is 4.79 Å². The van der Waals surface area contributed by atoms with Crippen molar-refractivity contribution in [1.82, 2.24) is 0 Å². The summed E-state index contributed by atoms with van der Waals surface area (Å²) in [6.45, 7) is 0.619. The van der Waals surface area contributed by atoms with Gasteiger partial charge in [0.05, 0.1) is 19.8 Å². The van der Waals surface area contributed by atoms with Crippen LogP contribution in [0, 0.1) is 11.3 Å². The highest BCUT2D eigenvalue weighted by Gasteiger charge is 2.14. The number of halogens is 1. The lowest BCUT2D eigenvalue weighted by Crippen LogP contribution is -2.13. The van der Waals surface area contributed by atoms with E-state index >= 15 is 0 Å². The normalized spacial score (nSPS) is 10.8. The Balaban J connectivity index is 1.46. The number of hydrogen-bond acceptors (Lipinski definition) is 7. The van der Waals surface area contributed by atoms with Crippen molar-refractivity contribution in [2.24, 2.45) is 0 Å². The molecule has 4 rings (SSSR count). The first-order valence-corrected chi connectivity index (χ1v) is 13.6. The number of hydrogen-bond donors (Lipinski definition) is 1. The number of ether oxygens (including phenoxy) is 4. The van der Waals surface area contributed by atoms with E-state index in [1.54, 1.807) is 31.4 Å². The SMILES string of the molecule is COC(=O)c1ccc(NC(=O)/C(C#N)=C\c2cc(Br)ccc2OCc2ccc(OCc3ccccc3)c(OC)c2)cc1. The maximum atomic E-state index is 12.9. The number of methoxy groups -OCH3 is 2. The Morgan fingerprint density at radius 1 is 0.833 bits per heavy atom. The third-order valence-corrected chi connectivity index (χ3v) is 6.55. The second kappa shape index (κ2) is 14.5. The highest BCUT2D eigenvalue weighted by molar-refractivity contribution is 9.10. The lowest BCUT2D eigenvalue weighted by atomic mass is 10.1. The van der Waals surface area contributed by atoms with Crippen molar-refractivity contribution in [2.75, 3.05) is 19.5 Å². The van der Waals surface area contributed by atoms with Crippen LogP contribution in [-0.2, 0) is 22.7 Å². The molecule has 212 valence electrons. The quantitative estimate of drug-likeness (QED) is 0.109. The van der Waals surface area contributed by atoms with Gasteiger partial charge in [-0.2, -0.15) is 5.26 Å². The van der Waals surface area contributed by atoms with Gasteiger partial charge in [-0.05, 0) is 71.8 Å². The largest absolute Gasteiger partial charge is 0.493 e. The average molecular weight is 627 g/mol. The van der Waals surface area contributed by atoms with Crippen molar-refractivity contribution < 1.29 is 28.5 Å². The van der Waals surface area contributed by atoms with Gasteiger partial charge in [0.15, 0.2) is 11.5 Å². The Bertz CT molecular complexity index is 1630. The molecule has 0 aliphatic carbocycles. The van der Waals surface area contributed by atoms with Gasteiger partial charge < -0.3 is 24.3 Å². The number of rotatable bonds is 11. The van der Waals surface area contributed by atoms with Gasteiger partial charge in [0.2, 0.25) is 0 Å². The fourth-order valence-electron chi connectivity index (χ4n) is 3.89. The molecule has 1 N–H and O–H groups in total. The molecular weight excluding hydrogens is 600 g/mol. The van der Waals surface area contributed by atoms with E-state index in [0.717, 1.165) is 15.6 Å². The number of nitrogens with zero attached hydrogens (tertiary/aromatic N) is 1. The molecule has 0 aliphatic heterocycles. The minimum absolute atomic E-state index is 0.128. The van der Waals surface area contributed by atoms with Gasteiger partial charge in [0, 0.05) is 15.7 Å². The summed E-state index contributed by atoms with van der Waals surface area (Å²) >= 11 is 3.44. The first-order chi connectivity index (χ1) is 20.4. The average Bonchev–Trinajstić information content (AvgIpc) is 3.02. The molecule has 1 amide bonds. The number of esters is 1. The first-order valence-electron chi connectivity index (χ1n) is 12.8. The van der Waals surface area contributed by atoms with Crippen molar-refractivity contribution in [1.29, 1.82) is 5.26 Å². The highest BCUT2D eigenvalue weighted by atomic mass is 79.9. The number of anilines is 1. The second-order valence-electron chi connectivity index (χ2n) is 8.92. The Labute approximate surface area is 252 Å². The summed E-state index contributed by atoms with van der Waals surface area (Å²) in [4.78, 5) is 24.5. The number of nitrogens with one attached hydrogen (secondary N) is 1. The van der Waals surface area contributed by atoms with E-state index in [2.05, 4.69) is 26.0 Å². The zero-order chi connectivity index (χ0) is 29.9. The van der Waals surface area contributed by atoms with Gasteiger partial charge in [-0.15, -0.1) is 0 Å². The molecule has 0 bridgehead atoms. The second-order valence-corrected chi connectivity index (χ2v) is 9.84. The van der Waals surface area contributed by atoms with Gasteiger partial charge in [-0.1, -0.05) is 52.3 Å². The maximum absolute atomic E-state index is 12.9. The Hall–Kier alpha value is -5.07. The number of carbonyl (C=O) groups is 2. The van der Waals surface area contributed by atoms with Crippen LogP contribution >= 0.6 is 15.9 Å². The summed E-state index contributed by atoms with van der Waals surface area (Å²) in [6.07, 6.45) is 1.46. The van der Waals surface area contributed by atoms with Crippen molar-refractivity contribution in [2.45, 2.75) is 13.2 Å². The number of carbonyl (C=O) groups excluding carboxylic acids is 2. The minimum Gasteiger partial charge on any atom is -0.493 e. The molecular formula is C33H27BrN2O6. The van der Waals surface area contributed by atoms with Crippen LogP contribution in [0.4, 0.5) is 5.69 Å². The van der Waals surface area contributed by atoms with Crippen molar-refractivity contribution in [3.63, 3.8) is 0 Å². The van der Waals surface area contributed by atoms with E-state index in [9.17, 15) is 14.9 Å². The fraction of sp³-hybridized carbons (Fsp3) is 0.121. The van der Waals surface area contributed by atoms with Gasteiger partial charge in [0.1, 0.15) is 30.6 Å². The molecule has 0 fully saturated rings. The molecule has 0 heterocycles. The lowest BCUT2D eigenvalue weighted by Gasteiger charge is -2.14. The number of benzene rings is 4. The van der Waals surface area contributed by atoms with Crippen LogP contribution in [0.3, 0.4) is 0 Å². The van der Waals surface area contributed by atoms with Crippen LogP contribution in [0.1, 0.15) is 27.0 Å². The molecule has 0 saturated carbocycles. The lowest BCUT2D eigenvalue weighted by molar-refractivity contribution is -0.112. The summed E-state index contributed by atoms with van der Waals surface area (Å²) < 4.78 is 23.0. The molecule has 0 atom stereocenters. The van der Waals surface area contributed by atoms with Crippen LogP contribution in [0.25, 0.3) is 6.08 Å². The molecule has 0 saturated heterocycles. The zero-order valence-electron chi connectivity index (χ0n) is 22.9. The summed E-state index contributed by atoms with van der Waals surface area (Å²) in [5.74, 6) is 0.570. The molecule has 42 heavy (non-hydrogen) atoms. The summed E-state index contributed by atoms with van der Waals surface area (Å²) in [5, 5.41) is 12.4. The topological polar surface area (TPSA) is 107 Å². The van der Waals surface area contributed by atoms with Gasteiger partial charge >= 0.3 is 5.97 Å². The third kappa shape index (κ3) is 7.99. The number of amides is 1. The van der Waals surface area contributed by atoms with Gasteiger partial charge in [0.25, 0.3) is 5.91 Å². The molecule has 0 spiro atoms. The van der Waals surface area contributed by atoms with Crippen LogP contribution in [-0.4, -0.2) is 26.1 Å². The van der Waals surface area contributed by atoms with E-state index in [-0.39, 0.29) is 12.2 Å². The predicted molar refractivity (Wildman–Crippen MR) is 162 cm³/mol. The summed E-state index contributed by atoms with van der Waals surface area (Å²) in [5.41, 5.74) is 3.05. The van der Waals surface area contributed by atoms with Crippen LogP contribution in [0.15, 0.2) is 101 Å². The fourth-order valence-corrected chi connectivity index (χ4v) is 4.27. The monoisotopic (exact) mass is 626 g/mol. The maximum Gasteiger partial charge on any atom is 0.337 e. The first kappa shape index (κ1) is 29.9. The smallest absolute Gasteiger partial charge is 0.337 e. The van der Waals surface area contributed by atoms with E-state index in [1.165, 1.54) is 25.3 Å². The molecule has 8 nitrogen and oxygen atoms in total. The number of nitriles is 1. The van der Waals surface area contributed by atoms with E-state index in [4.69, 9.17) is 14.2 Å².